The third-order valence-corrected chi connectivity index (χ3v) is 11.0. The van der Waals surface area contributed by atoms with E-state index in [4.69, 9.17) is 24.4 Å². The fourth-order valence-electron chi connectivity index (χ4n) is 7.54. The highest BCUT2D eigenvalue weighted by Gasteiger charge is 2.21. The van der Waals surface area contributed by atoms with Crippen LogP contribution < -0.4 is 0 Å². The van der Waals surface area contributed by atoms with Gasteiger partial charge in [-0.1, -0.05) is 103 Å². The molecule has 0 fully saturated rings. The van der Waals surface area contributed by atoms with E-state index >= 15 is 0 Å². The van der Waals surface area contributed by atoms with Crippen LogP contribution in [0, 0.1) is 0 Å². The molecular formula is C46H27N5OS. The number of hydrogen-bond acceptors (Lipinski definition) is 6. The van der Waals surface area contributed by atoms with Crippen LogP contribution in [0.2, 0.25) is 0 Å². The van der Waals surface area contributed by atoms with Crippen molar-refractivity contribution in [1.82, 2.24) is 24.5 Å². The number of hydrogen-bond donors (Lipinski definition) is 0. The molecule has 0 spiro atoms. The topological polar surface area (TPSA) is 69.6 Å². The summed E-state index contributed by atoms with van der Waals surface area (Å²) in [4.78, 5) is 20.5. The minimum absolute atomic E-state index is 0.599. The Balaban J connectivity index is 1.17. The van der Waals surface area contributed by atoms with Gasteiger partial charge in [0, 0.05) is 58.9 Å². The van der Waals surface area contributed by atoms with Crippen molar-refractivity contribution < 1.29 is 4.42 Å². The Kier molecular flexibility index (Phi) is 6.62. The van der Waals surface area contributed by atoms with Crippen LogP contribution in [-0.4, -0.2) is 24.5 Å². The number of rotatable bonds is 5. The molecule has 11 aromatic rings. The van der Waals surface area contributed by atoms with Crippen molar-refractivity contribution in [2.75, 3.05) is 0 Å². The highest BCUT2D eigenvalue weighted by molar-refractivity contribution is 7.26. The lowest BCUT2D eigenvalue weighted by Gasteiger charge is -2.11. The first-order valence-corrected chi connectivity index (χ1v) is 18.3. The smallest absolute Gasteiger partial charge is 0.227 e. The minimum atomic E-state index is 0.599. The number of thiophene rings is 1. The van der Waals surface area contributed by atoms with Crippen LogP contribution in [0.5, 0.6) is 0 Å². The Morgan fingerprint density at radius 1 is 0.453 bits per heavy atom. The molecule has 248 valence electrons. The lowest BCUT2D eigenvalue weighted by molar-refractivity contribution is 0.620. The van der Waals surface area contributed by atoms with Crippen LogP contribution in [0.1, 0.15) is 0 Å². The van der Waals surface area contributed by atoms with Gasteiger partial charge >= 0.3 is 0 Å². The molecule has 0 atom stereocenters. The van der Waals surface area contributed by atoms with Crippen molar-refractivity contribution in [3.05, 3.63) is 164 Å². The first kappa shape index (κ1) is 29.7. The molecule has 0 saturated carbocycles. The molecule has 4 aromatic heterocycles. The zero-order valence-electron chi connectivity index (χ0n) is 28.1. The standard InChI is InChI=1S/C46H27N5OS/c1-3-13-28(14-4-1)43-48-44(32-18-11-22-37-41(32)31-17-7-9-21-36(31)51(37)30-15-5-2-6-16-30)50-45(49-43)33-19-12-24-40-42(33)34-27-29(25-26-39(34)53-40)46-47-35-20-8-10-23-38(35)52-46/h1-27H. The van der Waals surface area contributed by atoms with E-state index in [1.165, 1.54) is 4.70 Å². The molecule has 0 aliphatic carbocycles. The first-order chi connectivity index (χ1) is 26.3. The quantitative estimate of drug-likeness (QED) is 0.179. The lowest BCUT2D eigenvalue weighted by atomic mass is 10.0. The van der Waals surface area contributed by atoms with Gasteiger partial charge in [0.05, 0.1) is 11.0 Å². The number of para-hydroxylation sites is 4. The number of fused-ring (bicyclic) bond motifs is 7. The van der Waals surface area contributed by atoms with Gasteiger partial charge in [0.25, 0.3) is 0 Å². The maximum Gasteiger partial charge on any atom is 0.227 e. The summed E-state index contributed by atoms with van der Waals surface area (Å²) >= 11 is 1.76. The summed E-state index contributed by atoms with van der Waals surface area (Å²) in [6, 6.07) is 56.3. The van der Waals surface area contributed by atoms with E-state index in [9.17, 15) is 0 Å². The van der Waals surface area contributed by atoms with E-state index in [2.05, 4.69) is 120 Å². The summed E-state index contributed by atoms with van der Waals surface area (Å²) in [5.74, 6) is 2.47. The molecule has 0 saturated heterocycles. The van der Waals surface area contributed by atoms with E-state index in [1.807, 2.05) is 48.5 Å². The van der Waals surface area contributed by atoms with Gasteiger partial charge in [0.2, 0.25) is 5.89 Å². The van der Waals surface area contributed by atoms with Crippen molar-refractivity contribution in [1.29, 1.82) is 0 Å². The molecule has 0 radical (unpaired) electrons. The number of benzene rings is 7. The van der Waals surface area contributed by atoms with E-state index in [0.29, 0.717) is 23.4 Å². The van der Waals surface area contributed by atoms with Crippen LogP contribution in [0.4, 0.5) is 0 Å². The summed E-state index contributed by atoms with van der Waals surface area (Å²) < 4.78 is 10.8. The van der Waals surface area contributed by atoms with Gasteiger partial charge in [-0.3, -0.25) is 0 Å². The van der Waals surface area contributed by atoms with Crippen LogP contribution in [0.25, 0.3) is 104 Å². The second kappa shape index (κ2) is 11.8. The van der Waals surface area contributed by atoms with Crippen molar-refractivity contribution in [3.8, 4) is 51.3 Å². The normalized spacial score (nSPS) is 11.8. The third-order valence-electron chi connectivity index (χ3n) is 9.90. The van der Waals surface area contributed by atoms with Gasteiger partial charge in [-0.25, -0.2) is 19.9 Å². The summed E-state index contributed by atoms with van der Waals surface area (Å²) in [6.45, 7) is 0. The highest BCUT2D eigenvalue weighted by Crippen LogP contribution is 2.43. The van der Waals surface area contributed by atoms with Gasteiger partial charge in [-0.15, -0.1) is 11.3 Å². The van der Waals surface area contributed by atoms with E-state index in [-0.39, 0.29) is 0 Å². The number of aromatic nitrogens is 5. The molecule has 0 bridgehead atoms. The van der Waals surface area contributed by atoms with Gasteiger partial charge in [0.15, 0.2) is 23.1 Å². The molecule has 6 nitrogen and oxygen atoms in total. The van der Waals surface area contributed by atoms with Crippen LogP contribution in [0.15, 0.2) is 168 Å². The Labute approximate surface area is 307 Å². The second-order valence-electron chi connectivity index (χ2n) is 13.0. The first-order valence-electron chi connectivity index (χ1n) is 17.5. The zero-order valence-corrected chi connectivity index (χ0v) is 29.0. The molecule has 11 rings (SSSR count). The SMILES string of the molecule is c1ccc(-c2nc(-c3cccc4sc5ccc(-c6nc7ccccc7o6)cc5c34)nc(-c3cccc4c3c3ccccc3n4-c3ccccc3)n2)cc1. The molecule has 0 amide bonds. The van der Waals surface area contributed by atoms with E-state index in [0.717, 1.165) is 76.3 Å². The monoisotopic (exact) mass is 697 g/mol. The Hall–Kier alpha value is -6.96. The predicted octanol–water partition coefficient (Wildman–Crippen LogP) is 12.1. The molecular weight excluding hydrogens is 671 g/mol. The van der Waals surface area contributed by atoms with E-state index in [1.54, 1.807) is 11.3 Å². The zero-order chi connectivity index (χ0) is 34.9. The van der Waals surface area contributed by atoms with Crippen molar-refractivity contribution in [2.45, 2.75) is 0 Å². The van der Waals surface area contributed by atoms with Crippen LogP contribution in [-0.2, 0) is 0 Å². The van der Waals surface area contributed by atoms with Crippen LogP contribution >= 0.6 is 11.3 Å². The number of oxazole rings is 1. The fraction of sp³-hybridized carbons (Fsp3) is 0. The summed E-state index contributed by atoms with van der Waals surface area (Å²) in [7, 11) is 0. The molecule has 0 aliphatic rings. The van der Waals surface area contributed by atoms with E-state index < -0.39 is 0 Å². The second-order valence-corrected chi connectivity index (χ2v) is 14.1. The molecule has 0 N–H and O–H groups in total. The van der Waals surface area contributed by atoms with Crippen LogP contribution in [0.3, 0.4) is 0 Å². The van der Waals surface area contributed by atoms with Gasteiger partial charge in [-0.2, -0.15) is 0 Å². The van der Waals surface area contributed by atoms with Crippen molar-refractivity contribution >= 4 is 64.4 Å². The summed E-state index contributed by atoms with van der Waals surface area (Å²) in [5.41, 5.74) is 8.68. The summed E-state index contributed by atoms with van der Waals surface area (Å²) in [6.07, 6.45) is 0. The average Bonchev–Trinajstić information content (AvgIpc) is 3.93. The molecule has 53 heavy (non-hydrogen) atoms. The fourth-order valence-corrected chi connectivity index (χ4v) is 8.65. The molecule has 7 heteroatoms. The molecule has 0 unspecified atom stereocenters. The molecule has 7 aromatic carbocycles. The van der Waals surface area contributed by atoms with Gasteiger partial charge in [0.1, 0.15) is 5.52 Å². The van der Waals surface area contributed by atoms with Gasteiger partial charge in [-0.05, 0) is 60.7 Å². The number of nitrogens with zero attached hydrogens (tertiary/aromatic N) is 5. The Morgan fingerprint density at radius 3 is 1.96 bits per heavy atom. The lowest BCUT2D eigenvalue weighted by Crippen LogP contribution is -2.01. The predicted molar refractivity (Wildman–Crippen MR) is 216 cm³/mol. The maximum absolute atomic E-state index is 6.19. The third kappa shape index (κ3) is 4.79. The van der Waals surface area contributed by atoms with Crippen molar-refractivity contribution in [3.63, 3.8) is 0 Å². The maximum atomic E-state index is 6.19. The highest BCUT2D eigenvalue weighted by atomic mass is 32.1. The molecule has 0 aliphatic heterocycles. The molecule has 4 heterocycles. The largest absolute Gasteiger partial charge is 0.436 e. The average molecular weight is 698 g/mol. The Bertz CT molecular complexity index is 3150. The summed E-state index contributed by atoms with van der Waals surface area (Å²) in [5, 5.41) is 4.45. The Morgan fingerprint density at radius 2 is 1.13 bits per heavy atom. The van der Waals surface area contributed by atoms with Crippen molar-refractivity contribution in [2.24, 2.45) is 0 Å². The minimum Gasteiger partial charge on any atom is -0.436 e. The van der Waals surface area contributed by atoms with Gasteiger partial charge < -0.3 is 8.98 Å².